The first-order valence-electron chi connectivity index (χ1n) is 11.4. The van der Waals surface area contributed by atoms with Crippen molar-refractivity contribution in [2.24, 2.45) is 14.1 Å². The van der Waals surface area contributed by atoms with Gasteiger partial charge < -0.3 is 4.57 Å². The predicted octanol–water partition coefficient (Wildman–Crippen LogP) is 3.44. The van der Waals surface area contributed by atoms with Crippen LogP contribution in [0.4, 0.5) is 0 Å². The van der Waals surface area contributed by atoms with Gasteiger partial charge in [0.2, 0.25) is 0 Å². The second-order valence-electron chi connectivity index (χ2n) is 8.53. The fourth-order valence-corrected chi connectivity index (χ4v) is 4.22. The molecule has 0 saturated heterocycles. The average Bonchev–Trinajstić information content (AvgIpc) is 3.19. The molecule has 0 spiro atoms. The molecule has 0 amide bonds. The van der Waals surface area contributed by atoms with Gasteiger partial charge in [-0.1, -0.05) is 74.0 Å². The zero-order valence-electron chi connectivity index (χ0n) is 19.6. The van der Waals surface area contributed by atoms with Crippen molar-refractivity contribution < 1.29 is 0 Å². The van der Waals surface area contributed by atoms with Gasteiger partial charge in [0, 0.05) is 33.7 Å². The van der Waals surface area contributed by atoms with E-state index in [-0.39, 0.29) is 11.2 Å². The molecule has 33 heavy (non-hydrogen) atoms. The predicted molar refractivity (Wildman–Crippen MR) is 131 cm³/mol. The summed E-state index contributed by atoms with van der Waals surface area (Å²) in [5.41, 5.74) is 2.74. The van der Waals surface area contributed by atoms with E-state index in [1.54, 1.807) is 7.05 Å². The lowest BCUT2D eigenvalue weighted by molar-refractivity contribution is 0.238. The Labute approximate surface area is 193 Å². The van der Waals surface area contributed by atoms with Crippen LogP contribution < -0.4 is 11.2 Å². The average molecular weight is 446 g/mol. The number of imidazole rings is 1. The maximum Gasteiger partial charge on any atom is 0.332 e. The van der Waals surface area contributed by atoms with Gasteiger partial charge in [0.15, 0.2) is 11.2 Å². The molecule has 0 aliphatic heterocycles. The molecule has 2 aromatic carbocycles. The highest BCUT2D eigenvalue weighted by Gasteiger charge is 2.21. The molecule has 4 rings (SSSR count). The van der Waals surface area contributed by atoms with E-state index in [1.807, 2.05) is 41.0 Å². The fourth-order valence-electron chi connectivity index (χ4n) is 4.22. The second kappa shape index (κ2) is 10.0. The quantitative estimate of drug-likeness (QED) is 0.396. The highest BCUT2D eigenvalue weighted by molar-refractivity contribution is 5.71. The van der Waals surface area contributed by atoms with E-state index in [1.165, 1.54) is 27.3 Å². The number of aromatic nitrogens is 4. The Kier molecular flexibility index (Phi) is 6.89. The van der Waals surface area contributed by atoms with Crippen LogP contribution in [0.15, 0.2) is 70.3 Å². The SMILES string of the molecule is CCCCn1c(CN(Cc2ccccc2)Cc2ccccc2)nc2c1c(=O)n(C)c(=O)n2C. The minimum atomic E-state index is -0.357. The summed E-state index contributed by atoms with van der Waals surface area (Å²) in [7, 11) is 3.20. The summed E-state index contributed by atoms with van der Waals surface area (Å²) in [5.74, 6) is 0.809. The van der Waals surface area contributed by atoms with E-state index in [0.29, 0.717) is 24.3 Å². The molecule has 2 aromatic heterocycles. The third-order valence-electron chi connectivity index (χ3n) is 6.03. The van der Waals surface area contributed by atoms with Crippen LogP contribution in [0.5, 0.6) is 0 Å². The number of rotatable bonds is 9. The van der Waals surface area contributed by atoms with Crippen LogP contribution >= 0.6 is 0 Å². The van der Waals surface area contributed by atoms with E-state index >= 15 is 0 Å². The highest BCUT2D eigenvalue weighted by atomic mass is 16.2. The van der Waals surface area contributed by atoms with Crippen LogP contribution in [-0.4, -0.2) is 23.6 Å². The van der Waals surface area contributed by atoms with E-state index in [9.17, 15) is 9.59 Å². The van der Waals surface area contributed by atoms with Gasteiger partial charge in [-0.3, -0.25) is 18.8 Å². The van der Waals surface area contributed by atoms with Gasteiger partial charge in [-0.05, 0) is 17.5 Å². The van der Waals surface area contributed by atoms with Gasteiger partial charge >= 0.3 is 5.69 Å². The lowest BCUT2D eigenvalue weighted by Crippen LogP contribution is -2.37. The molecule has 0 atom stereocenters. The minimum Gasteiger partial charge on any atom is -0.321 e. The maximum absolute atomic E-state index is 13.0. The Balaban J connectivity index is 1.78. The number of hydrogen-bond donors (Lipinski definition) is 0. The van der Waals surface area contributed by atoms with Crippen molar-refractivity contribution in [2.45, 2.75) is 45.9 Å². The van der Waals surface area contributed by atoms with E-state index < -0.39 is 0 Å². The van der Waals surface area contributed by atoms with Gasteiger partial charge in [0.25, 0.3) is 5.56 Å². The Bertz CT molecular complexity index is 1300. The van der Waals surface area contributed by atoms with Crippen molar-refractivity contribution in [1.82, 2.24) is 23.6 Å². The summed E-state index contributed by atoms with van der Waals surface area (Å²) in [5, 5.41) is 0. The number of hydrogen-bond acceptors (Lipinski definition) is 4. The molecule has 0 bridgehead atoms. The molecule has 2 heterocycles. The number of benzene rings is 2. The zero-order chi connectivity index (χ0) is 23.4. The van der Waals surface area contributed by atoms with Gasteiger partial charge in [0.1, 0.15) is 5.82 Å². The van der Waals surface area contributed by atoms with Crippen molar-refractivity contribution >= 4 is 11.2 Å². The lowest BCUT2D eigenvalue weighted by atomic mass is 10.1. The Hall–Kier alpha value is -3.45. The van der Waals surface area contributed by atoms with Crippen molar-refractivity contribution in [3.05, 3.63) is 98.5 Å². The smallest absolute Gasteiger partial charge is 0.321 e. The highest BCUT2D eigenvalue weighted by Crippen LogP contribution is 2.18. The van der Waals surface area contributed by atoms with E-state index in [2.05, 4.69) is 36.1 Å². The molecule has 0 saturated carbocycles. The van der Waals surface area contributed by atoms with Crippen LogP contribution in [0, 0.1) is 0 Å². The third-order valence-corrected chi connectivity index (χ3v) is 6.03. The summed E-state index contributed by atoms with van der Waals surface area (Å²) >= 11 is 0. The molecular weight excluding hydrogens is 414 g/mol. The molecule has 7 nitrogen and oxygen atoms in total. The molecule has 0 aliphatic rings. The Morgan fingerprint density at radius 3 is 1.94 bits per heavy atom. The molecule has 0 fully saturated rings. The maximum atomic E-state index is 13.0. The van der Waals surface area contributed by atoms with Crippen LogP contribution in [0.1, 0.15) is 36.7 Å². The summed E-state index contributed by atoms with van der Waals surface area (Å²) in [6.07, 6.45) is 1.94. The van der Waals surface area contributed by atoms with Crippen LogP contribution in [0.25, 0.3) is 11.2 Å². The van der Waals surface area contributed by atoms with Crippen molar-refractivity contribution in [1.29, 1.82) is 0 Å². The van der Waals surface area contributed by atoms with E-state index in [4.69, 9.17) is 4.98 Å². The van der Waals surface area contributed by atoms with Crippen molar-refractivity contribution in [2.75, 3.05) is 0 Å². The molecule has 0 unspecified atom stereocenters. The first kappa shape index (κ1) is 22.7. The molecule has 0 N–H and O–H groups in total. The monoisotopic (exact) mass is 445 g/mol. The lowest BCUT2D eigenvalue weighted by Gasteiger charge is -2.23. The number of aryl methyl sites for hydroxylation is 2. The first-order chi connectivity index (χ1) is 16.0. The summed E-state index contributed by atoms with van der Waals surface area (Å²) in [4.78, 5) is 32.7. The molecule has 4 aromatic rings. The summed E-state index contributed by atoms with van der Waals surface area (Å²) < 4.78 is 4.66. The molecule has 7 heteroatoms. The van der Waals surface area contributed by atoms with Crippen LogP contribution in [0.3, 0.4) is 0 Å². The Morgan fingerprint density at radius 1 is 0.818 bits per heavy atom. The largest absolute Gasteiger partial charge is 0.332 e. The van der Waals surface area contributed by atoms with Gasteiger partial charge in [0.05, 0.1) is 6.54 Å². The minimum absolute atomic E-state index is 0.291. The fraction of sp³-hybridized carbons (Fsp3) is 0.346. The van der Waals surface area contributed by atoms with Gasteiger partial charge in [-0.25, -0.2) is 9.78 Å². The van der Waals surface area contributed by atoms with Crippen LogP contribution in [-0.2, 0) is 40.3 Å². The van der Waals surface area contributed by atoms with Gasteiger partial charge in [-0.2, -0.15) is 0 Å². The second-order valence-corrected chi connectivity index (χ2v) is 8.53. The number of unbranched alkanes of at least 4 members (excludes halogenated alkanes) is 1. The Morgan fingerprint density at radius 2 is 1.39 bits per heavy atom. The molecule has 172 valence electrons. The van der Waals surface area contributed by atoms with Crippen molar-refractivity contribution in [3.63, 3.8) is 0 Å². The van der Waals surface area contributed by atoms with Gasteiger partial charge in [-0.15, -0.1) is 0 Å². The topological polar surface area (TPSA) is 65.1 Å². The third kappa shape index (κ3) is 4.83. The molecule has 0 aliphatic carbocycles. The normalized spacial score (nSPS) is 11.5. The number of fused-ring (bicyclic) bond motifs is 1. The van der Waals surface area contributed by atoms with E-state index in [0.717, 1.165) is 31.8 Å². The number of nitrogens with zero attached hydrogens (tertiary/aromatic N) is 5. The van der Waals surface area contributed by atoms with Crippen LogP contribution in [0.2, 0.25) is 0 Å². The zero-order valence-corrected chi connectivity index (χ0v) is 19.6. The van der Waals surface area contributed by atoms with Crippen molar-refractivity contribution in [3.8, 4) is 0 Å². The molecular formula is C26H31N5O2. The standard InChI is InChI=1S/C26H31N5O2/c1-4-5-16-31-22(27-24-23(31)25(32)29(3)26(33)28(24)2)19-30(17-20-12-8-6-9-13-20)18-21-14-10-7-11-15-21/h6-15H,4-5,16-19H2,1-3H3. The summed E-state index contributed by atoms with van der Waals surface area (Å²) in [6, 6.07) is 20.7. The molecule has 0 radical (unpaired) electrons. The summed E-state index contributed by atoms with van der Waals surface area (Å²) in [6.45, 7) is 4.90. The first-order valence-corrected chi connectivity index (χ1v) is 11.4.